The van der Waals surface area contributed by atoms with Crippen LogP contribution in [-0.2, 0) is 20.6 Å². The summed E-state index contributed by atoms with van der Waals surface area (Å²) in [7, 11) is 3.69. The van der Waals surface area contributed by atoms with Gasteiger partial charge in [0, 0.05) is 38.2 Å². The molecule has 5 heteroatoms. The molecule has 4 atom stereocenters. The van der Waals surface area contributed by atoms with E-state index in [-0.39, 0.29) is 5.69 Å². The lowest BCUT2D eigenvalue weighted by molar-refractivity contribution is 0.542. The van der Waals surface area contributed by atoms with Gasteiger partial charge in [0.15, 0.2) is 0 Å². The maximum Gasteiger partial charge on any atom is 0.328 e. The van der Waals surface area contributed by atoms with E-state index in [9.17, 15) is 4.79 Å². The molecule has 3 aliphatic carbocycles. The highest BCUT2D eigenvalue weighted by molar-refractivity contribution is 5.76. The number of aryl methyl sites for hydroxylation is 2. The van der Waals surface area contributed by atoms with Gasteiger partial charge in [-0.05, 0) is 61.1 Å². The number of aromatic nitrogens is 4. The first-order valence-corrected chi connectivity index (χ1v) is 10.7. The zero-order valence-electron chi connectivity index (χ0n) is 16.9. The molecule has 1 aromatic carbocycles. The third-order valence-corrected chi connectivity index (χ3v) is 7.82. The van der Waals surface area contributed by atoms with Gasteiger partial charge in [-0.3, -0.25) is 9.13 Å². The molecule has 0 aliphatic heterocycles. The zero-order valence-corrected chi connectivity index (χ0v) is 16.9. The Hall–Kier alpha value is -2.30. The van der Waals surface area contributed by atoms with Crippen LogP contribution in [0.5, 0.6) is 0 Å². The molecule has 0 radical (unpaired) electrons. The Morgan fingerprint density at radius 3 is 2.46 bits per heavy atom. The summed E-state index contributed by atoms with van der Waals surface area (Å²) in [4.78, 5) is 17.2. The average molecular weight is 377 g/mol. The van der Waals surface area contributed by atoms with Gasteiger partial charge in [0.25, 0.3) is 0 Å². The molecule has 5 nitrogen and oxygen atoms in total. The fourth-order valence-electron chi connectivity index (χ4n) is 5.89. The highest BCUT2D eigenvalue weighted by Crippen LogP contribution is 2.62. The molecule has 2 aromatic heterocycles. The van der Waals surface area contributed by atoms with Crippen LogP contribution in [-0.4, -0.2) is 18.7 Å². The first-order chi connectivity index (χ1) is 13.5. The van der Waals surface area contributed by atoms with Crippen molar-refractivity contribution in [2.24, 2.45) is 31.8 Å². The van der Waals surface area contributed by atoms with E-state index in [2.05, 4.69) is 36.0 Å². The van der Waals surface area contributed by atoms with E-state index in [1.54, 1.807) is 9.13 Å². The van der Waals surface area contributed by atoms with Crippen molar-refractivity contribution in [3.8, 4) is 0 Å². The number of imidazole rings is 2. The minimum Gasteiger partial charge on any atom is -0.330 e. The predicted molar refractivity (Wildman–Crippen MR) is 110 cm³/mol. The smallest absolute Gasteiger partial charge is 0.328 e. The summed E-state index contributed by atoms with van der Waals surface area (Å²) < 4.78 is 5.85. The van der Waals surface area contributed by atoms with Gasteiger partial charge in [-0.2, -0.15) is 0 Å². The number of benzene rings is 1. The van der Waals surface area contributed by atoms with Crippen LogP contribution in [0, 0.1) is 17.8 Å². The molecule has 28 heavy (non-hydrogen) atoms. The van der Waals surface area contributed by atoms with Crippen LogP contribution in [0.2, 0.25) is 0 Å². The SMILES string of the molecule is CC1[C@H]2CC(c3ncn(Cc4ccc5c(c4)n(C)c(=O)n5C)c3C3CC3)C[C@@H]12. The molecule has 2 unspecified atom stereocenters. The van der Waals surface area contributed by atoms with Gasteiger partial charge < -0.3 is 4.57 Å². The van der Waals surface area contributed by atoms with Crippen molar-refractivity contribution in [1.82, 2.24) is 18.7 Å². The number of nitrogens with zero attached hydrogens (tertiary/aromatic N) is 4. The summed E-state index contributed by atoms with van der Waals surface area (Å²) in [5.74, 6) is 4.26. The summed E-state index contributed by atoms with van der Waals surface area (Å²) in [6, 6.07) is 6.40. The number of hydrogen-bond acceptors (Lipinski definition) is 2. The van der Waals surface area contributed by atoms with E-state index in [0.29, 0.717) is 11.8 Å². The maximum atomic E-state index is 12.2. The first kappa shape index (κ1) is 16.6. The maximum absolute atomic E-state index is 12.2. The fourth-order valence-corrected chi connectivity index (χ4v) is 5.89. The van der Waals surface area contributed by atoms with Crippen LogP contribution in [0.15, 0.2) is 29.3 Å². The molecular weight excluding hydrogens is 348 g/mol. The van der Waals surface area contributed by atoms with E-state index in [1.165, 1.54) is 42.6 Å². The van der Waals surface area contributed by atoms with Crippen LogP contribution in [0.3, 0.4) is 0 Å². The largest absolute Gasteiger partial charge is 0.330 e. The van der Waals surface area contributed by atoms with E-state index < -0.39 is 0 Å². The Bertz CT molecular complexity index is 1130. The molecule has 2 heterocycles. The van der Waals surface area contributed by atoms with Gasteiger partial charge in [0.05, 0.1) is 23.1 Å². The van der Waals surface area contributed by atoms with Crippen LogP contribution in [0.1, 0.15) is 61.4 Å². The Kier molecular flexibility index (Phi) is 3.34. The molecular formula is C23H28N4O. The van der Waals surface area contributed by atoms with Crippen LogP contribution < -0.4 is 5.69 Å². The van der Waals surface area contributed by atoms with Crippen molar-refractivity contribution in [3.63, 3.8) is 0 Å². The molecule has 0 bridgehead atoms. The van der Waals surface area contributed by atoms with Crippen molar-refractivity contribution >= 4 is 11.0 Å². The standard InChI is InChI=1S/C23H28N4O/c1-13-17-9-16(10-18(13)17)21-22(15-5-6-15)27(12-24-21)11-14-4-7-19-20(8-14)26(3)23(28)25(19)2/h4,7-8,12-13,15-18H,5-6,9-11H2,1-3H3/t13?,16?,17-,18+. The Balaban J connectivity index is 1.34. The third-order valence-electron chi connectivity index (χ3n) is 7.82. The van der Waals surface area contributed by atoms with E-state index >= 15 is 0 Å². The van der Waals surface area contributed by atoms with E-state index in [4.69, 9.17) is 4.98 Å². The van der Waals surface area contributed by atoms with Crippen LogP contribution in [0.25, 0.3) is 11.0 Å². The predicted octanol–water partition coefficient (Wildman–Crippen LogP) is 3.76. The Morgan fingerprint density at radius 2 is 1.75 bits per heavy atom. The molecule has 0 N–H and O–H groups in total. The van der Waals surface area contributed by atoms with Gasteiger partial charge in [0.2, 0.25) is 0 Å². The molecule has 0 spiro atoms. The summed E-state index contributed by atoms with van der Waals surface area (Å²) in [6.45, 7) is 3.26. The second-order valence-electron chi connectivity index (χ2n) is 9.50. The summed E-state index contributed by atoms with van der Waals surface area (Å²) in [6.07, 6.45) is 7.38. The second kappa shape index (κ2) is 5.62. The van der Waals surface area contributed by atoms with Crippen molar-refractivity contribution in [1.29, 1.82) is 0 Å². The highest BCUT2D eigenvalue weighted by Gasteiger charge is 2.54. The number of rotatable bonds is 4. The molecule has 146 valence electrons. The molecule has 6 rings (SSSR count). The number of hydrogen-bond donors (Lipinski definition) is 0. The van der Waals surface area contributed by atoms with Gasteiger partial charge in [-0.1, -0.05) is 13.0 Å². The third kappa shape index (κ3) is 2.31. The minimum atomic E-state index is 0.0322. The summed E-state index contributed by atoms with van der Waals surface area (Å²) >= 11 is 0. The van der Waals surface area contributed by atoms with Crippen molar-refractivity contribution in [3.05, 3.63) is 52.0 Å². The zero-order chi connectivity index (χ0) is 19.2. The Labute approximate surface area is 165 Å². The van der Waals surface area contributed by atoms with E-state index in [0.717, 1.165) is 35.3 Å². The number of fused-ring (bicyclic) bond motifs is 2. The highest BCUT2D eigenvalue weighted by atomic mass is 16.1. The molecule has 3 saturated carbocycles. The van der Waals surface area contributed by atoms with Gasteiger partial charge in [-0.15, -0.1) is 0 Å². The van der Waals surface area contributed by atoms with Crippen molar-refractivity contribution < 1.29 is 0 Å². The van der Waals surface area contributed by atoms with Gasteiger partial charge in [-0.25, -0.2) is 9.78 Å². The average Bonchev–Trinajstić information content (AvgIpc) is 3.49. The monoisotopic (exact) mass is 376 g/mol. The molecule has 0 amide bonds. The fraction of sp³-hybridized carbons (Fsp3) is 0.565. The van der Waals surface area contributed by atoms with Gasteiger partial charge in [0.1, 0.15) is 0 Å². The lowest BCUT2D eigenvalue weighted by atomic mass is 9.94. The first-order valence-electron chi connectivity index (χ1n) is 10.7. The quantitative estimate of drug-likeness (QED) is 0.696. The molecule has 3 aliphatic rings. The minimum absolute atomic E-state index is 0.0322. The molecule has 3 aromatic rings. The topological polar surface area (TPSA) is 44.8 Å². The summed E-state index contributed by atoms with van der Waals surface area (Å²) in [5.41, 5.74) is 6.16. The van der Waals surface area contributed by atoms with E-state index in [1.807, 2.05) is 14.1 Å². The van der Waals surface area contributed by atoms with Gasteiger partial charge >= 0.3 is 5.69 Å². The normalized spacial score (nSPS) is 28.8. The lowest BCUT2D eigenvalue weighted by Crippen LogP contribution is -2.19. The Morgan fingerprint density at radius 1 is 1.04 bits per heavy atom. The van der Waals surface area contributed by atoms with Crippen molar-refractivity contribution in [2.75, 3.05) is 0 Å². The van der Waals surface area contributed by atoms with Crippen LogP contribution in [0.4, 0.5) is 0 Å². The molecule has 0 saturated heterocycles. The summed E-state index contributed by atoms with van der Waals surface area (Å²) in [5, 5.41) is 0. The van der Waals surface area contributed by atoms with Crippen LogP contribution >= 0.6 is 0 Å². The van der Waals surface area contributed by atoms with Crippen molar-refractivity contribution in [2.45, 2.75) is 51.0 Å². The lowest BCUT2D eigenvalue weighted by Gasteiger charge is -2.15. The second-order valence-corrected chi connectivity index (χ2v) is 9.50. The molecule has 3 fully saturated rings.